The van der Waals surface area contributed by atoms with E-state index in [4.69, 9.17) is 4.74 Å². The molecular formula is C22H31FIN3O3S. The zero-order valence-electron chi connectivity index (χ0n) is 17.9. The highest BCUT2D eigenvalue weighted by Gasteiger charge is 2.11. The molecule has 2 N–H and O–H groups in total. The molecule has 0 fully saturated rings. The second-order valence-electron chi connectivity index (χ2n) is 7.08. The van der Waals surface area contributed by atoms with Gasteiger partial charge in [0.25, 0.3) is 0 Å². The zero-order chi connectivity index (χ0) is 21.8. The van der Waals surface area contributed by atoms with Gasteiger partial charge in [0.2, 0.25) is 0 Å². The molecule has 0 bridgehead atoms. The lowest BCUT2D eigenvalue weighted by Gasteiger charge is -2.14. The predicted molar refractivity (Wildman–Crippen MR) is 134 cm³/mol. The van der Waals surface area contributed by atoms with Crippen LogP contribution in [0.3, 0.4) is 0 Å². The van der Waals surface area contributed by atoms with E-state index >= 15 is 0 Å². The zero-order valence-corrected chi connectivity index (χ0v) is 21.1. The molecule has 0 aliphatic rings. The largest absolute Gasteiger partial charge is 0.377 e. The molecule has 0 amide bonds. The maximum Gasteiger partial charge on any atom is 0.191 e. The standard InChI is InChI=1S/C22H30FN3O3S.HI/c1-24-22(25-12-6-7-13-29-16-18-8-4-3-5-9-18)26-15-20-14-21(23)11-10-19(20)17-30(2,27)28;/h3-5,8-11,14H,6-7,12-13,15-17H2,1-2H3,(H2,24,25,26);1H. The number of benzene rings is 2. The fraction of sp³-hybridized carbons (Fsp3) is 0.409. The number of sulfone groups is 1. The number of nitrogens with zero attached hydrogens (tertiary/aromatic N) is 1. The molecule has 0 aliphatic carbocycles. The van der Waals surface area contributed by atoms with E-state index in [1.807, 2.05) is 30.3 Å². The van der Waals surface area contributed by atoms with Gasteiger partial charge in [0.1, 0.15) is 5.82 Å². The maximum absolute atomic E-state index is 13.6. The summed E-state index contributed by atoms with van der Waals surface area (Å²) in [7, 11) is -1.55. The van der Waals surface area contributed by atoms with E-state index in [1.54, 1.807) is 7.05 Å². The molecule has 0 atom stereocenters. The Kier molecular flexibility index (Phi) is 12.7. The summed E-state index contributed by atoms with van der Waals surface area (Å²) in [6, 6.07) is 14.2. The van der Waals surface area contributed by atoms with Crippen molar-refractivity contribution < 1.29 is 17.5 Å². The molecular weight excluding hydrogens is 532 g/mol. The normalized spacial score (nSPS) is 11.6. The number of rotatable bonds is 11. The third kappa shape index (κ3) is 11.5. The monoisotopic (exact) mass is 563 g/mol. The Morgan fingerprint density at radius 3 is 2.48 bits per heavy atom. The van der Waals surface area contributed by atoms with E-state index in [9.17, 15) is 12.8 Å². The summed E-state index contributed by atoms with van der Waals surface area (Å²) in [6.07, 6.45) is 2.99. The quantitative estimate of drug-likeness (QED) is 0.189. The van der Waals surface area contributed by atoms with Crippen LogP contribution in [-0.4, -0.2) is 40.8 Å². The number of ether oxygens (including phenoxy) is 1. The molecule has 0 spiro atoms. The van der Waals surface area contributed by atoms with Crippen molar-refractivity contribution in [3.8, 4) is 0 Å². The molecule has 2 rings (SSSR count). The Hall–Kier alpha value is -1.72. The van der Waals surface area contributed by atoms with Crippen molar-refractivity contribution in [2.24, 2.45) is 4.99 Å². The van der Waals surface area contributed by atoms with Crippen LogP contribution >= 0.6 is 24.0 Å². The Morgan fingerprint density at radius 2 is 1.81 bits per heavy atom. The molecule has 0 saturated heterocycles. The SMILES string of the molecule is CN=C(NCCCCOCc1ccccc1)NCc1cc(F)ccc1CS(C)(=O)=O.I. The van der Waals surface area contributed by atoms with Gasteiger partial charge in [0.05, 0.1) is 12.4 Å². The lowest BCUT2D eigenvalue weighted by atomic mass is 10.1. The van der Waals surface area contributed by atoms with E-state index in [0.717, 1.165) is 24.7 Å². The first kappa shape index (κ1) is 27.3. The highest BCUT2D eigenvalue weighted by Crippen LogP contribution is 2.14. The number of nitrogens with one attached hydrogen (secondary N) is 2. The van der Waals surface area contributed by atoms with E-state index in [1.165, 1.54) is 18.2 Å². The van der Waals surface area contributed by atoms with Crippen molar-refractivity contribution in [1.29, 1.82) is 0 Å². The van der Waals surface area contributed by atoms with E-state index in [2.05, 4.69) is 15.6 Å². The van der Waals surface area contributed by atoms with Crippen LogP contribution < -0.4 is 10.6 Å². The first-order valence-corrected chi connectivity index (χ1v) is 11.9. The smallest absolute Gasteiger partial charge is 0.191 e. The van der Waals surface area contributed by atoms with Crippen LogP contribution in [0, 0.1) is 5.82 Å². The molecule has 31 heavy (non-hydrogen) atoms. The fourth-order valence-electron chi connectivity index (χ4n) is 2.88. The summed E-state index contributed by atoms with van der Waals surface area (Å²) in [6.45, 7) is 2.29. The van der Waals surface area contributed by atoms with Gasteiger partial charge in [0.15, 0.2) is 15.8 Å². The third-order valence-corrected chi connectivity index (χ3v) is 5.21. The van der Waals surface area contributed by atoms with Gasteiger partial charge in [-0.05, 0) is 41.7 Å². The van der Waals surface area contributed by atoms with Crippen molar-refractivity contribution in [1.82, 2.24) is 10.6 Å². The summed E-state index contributed by atoms with van der Waals surface area (Å²) in [4.78, 5) is 4.15. The lowest BCUT2D eigenvalue weighted by Crippen LogP contribution is -2.37. The minimum absolute atomic E-state index is 0. The molecule has 2 aromatic rings. The van der Waals surface area contributed by atoms with Crippen LogP contribution in [-0.2, 0) is 33.5 Å². The van der Waals surface area contributed by atoms with Crippen molar-refractivity contribution in [2.75, 3.05) is 26.5 Å². The van der Waals surface area contributed by atoms with Gasteiger partial charge in [-0.25, -0.2) is 12.8 Å². The van der Waals surface area contributed by atoms with Gasteiger partial charge in [-0.15, -0.1) is 24.0 Å². The van der Waals surface area contributed by atoms with Crippen molar-refractivity contribution >= 4 is 39.8 Å². The van der Waals surface area contributed by atoms with Crippen molar-refractivity contribution in [2.45, 2.75) is 31.7 Å². The van der Waals surface area contributed by atoms with Crippen LogP contribution in [0.15, 0.2) is 53.5 Å². The summed E-state index contributed by atoms with van der Waals surface area (Å²) in [5, 5.41) is 6.31. The molecule has 2 aromatic carbocycles. The molecule has 0 unspecified atom stereocenters. The Bertz CT molecular complexity index is 925. The molecule has 6 nitrogen and oxygen atoms in total. The first-order chi connectivity index (χ1) is 14.4. The Morgan fingerprint density at radius 1 is 1.06 bits per heavy atom. The summed E-state index contributed by atoms with van der Waals surface area (Å²) >= 11 is 0. The van der Waals surface area contributed by atoms with Gasteiger partial charge in [0, 0.05) is 33.0 Å². The highest BCUT2D eigenvalue weighted by molar-refractivity contribution is 14.0. The van der Waals surface area contributed by atoms with Crippen LogP contribution in [0.1, 0.15) is 29.5 Å². The number of halogens is 2. The highest BCUT2D eigenvalue weighted by atomic mass is 127. The van der Waals surface area contributed by atoms with E-state index in [-0.39, 0.29) is 36.3 Å². The van der Waals surface area contributed by atoms with Gasteiger partial charge in [-0.1, -0.05) is 36.4 Å². The number of aliphatic imine (C=N–C) groups is 1. The predicted octanol–water partition coefficient (Wildman–Crippen LogP) is 3.65. The molecule has 0 aliphatic heterocycles. The molecule has 9 heteroatoms. The second-order valence-corrected chi connectivity index (χ2v) is 9.22. The number of hydrogen-bond acceptors (Lipinski definition) is 4. The van der Waals surface area contributed by atoms with Crippen LogP contribution in [0.4, 0.5) is 4.39 Å². The van der Waals surface area contributed by atoms with Gasteiger partial charge >= 0.3 is 0 Å². The van der Waals surface area contributed by atoms with E-state index in [0.29, 0.717) is 36.8 Å². The average Bonchev–Trinajstić information content (AvgIpc) is 2.71. The molecule has 0 radical (unpaired) electrons. The van der Waals surface area contributed by atoms with Crippen LogP contribution in [0.2, 0.25) is 0 Å². The average molecular weight is 563 g/mol. The third-order valence-electron chi connectivity index (χ3n) is 4.38. The number of guanidine groups is 1. The van der Waals surface area contributed by atoms with Gasteiger partial charge < -0.3 is 15.4 Å². The molecule has 0 heterocycles. The minimum atomic E-state index is -3.21. The van der Waals surface area contributed by atoms with Crippen LogP contribution in [0.5, 0.6) is 0 Å². The summed E-state index contributed by atoms with van der Waals surface area (Å²) in [5.74, 6) is 0.0523. The molecule has 0 saturated carbocycles. The Labute approximate surface area is 201 Å². The summed E-state index contributed by atoms with van der Waals surface area (Å²) < 4.78 is 42.5. The second kappa shape index (κ2) is 14.4. The maximum atomic E-state index is 13.6. The molecule has 172 valence electrons. The molecule has 0 aromatic heterocycles. The fourth-order valence-corrected chi connectivity index (χ4v) is 3.73. The van der Waals surface area contributed by atoms with Gasteiger partial charge in [-0.2, -0.15) is 0 Å². The Balaban J connectivity index is 0.00000480. The number of hydrogen-bond donors (Lipinski definition) is 2. The van der Waals surface area contributed by atoms with Crippen molar-refractivity contribution in [3.05, 3.63) is 71.0 Å². The lowest BCUT2D eigenvalue weighted by molar-refractivity contribution is 0.117. The van der Waals surface area contributed by atoms with Crippen molar-refractivity contribution in [3.63, 3.8) is 0 Å². The summed E-state index contributed by atoms with van der Waals surface area (Å²) in [5.41, 5.74) is 2.34. The van der Waals surface area contributed by atoms with Gasteiger partial charge in [-0.3, -0.25) is 4.99 Å². The van der Waals surface area contributed by atoms with Crippen LogP contribution in [0.25, 0.3) is 0 Å². The topological polar surface area (TPSA) is 79.8 Å². The van der Waals surface area contributed by atoms with E-state index < -0.39 is 15.7 Å². The number of unbranched alkanes of at least 4 members (excludes halogenated alkanes) is 1. The minimum Gasteiger partial charge on any atom is -0.377 e. The first-order valence-electron chi connectivity index (χ1n) is 9.88.